The van der Waals surface area contributed by atoms with Gasteiger partial charge in [-0.3, -0.25) is 0 Å². The monoisotopic (exact) mass is 280 g/mol. The fourth-order valence-corrected chi connectivity index (χ4v) is 2.10. The van der Waals surface area contributed by atoms with E-state index in [1.54, 1.807) is 7.11 Å². The minimum atomic E-state index is 0.0569. The number of ether oxygens (including phenoxy) is 1. The Labute approximate surface area is 120 Å². The zero-order chi connectivity index (χ0) is 14.4. The Balaban J connectivity index is 2.11. The molecule has 0 saturated heterocycles. The van der Waals surface area contributed by atoms with E-state index < -0.39 is 0 Å². The van der Waals surface area contributed by atoms with Gasteiger partial charge in [0.15, 0.2) is 0 Å². The number of aromatic nitrogens is 2. The van der Waals surface area contributed by atoms with Crippen molar-refractivity contribution in [1.82, 2.24) is 9.97 Å². The molecule has 3 N–H and O–H groups in total. The van der Waals surface area contributed by atoms with Gasteiger partial charge in [0.1, 0.15) is 17.5 Å². The molecule has 1 saturated carbocycles. The first-order chi connectivity index (χ1) is 9.76. The predicted molar refractivity (Wildman–Crippen MR) is 79.2 cm³/mol. The van der Waals surface area contributed by atoms with Crippen molar-refractivity contribution in [3.8, 4) is 0 Å². The third kappa shape index (κ3) is 4.31. The van der Waals surface area contributed by atoms with E-state index in [2.05, 4.69) is 20.6 Å². The molecule has 6 nitrogen and oxygen atoms in total. The summed E-state index contributed by atoms with van der Waals surface area (Å²) in [5.74, 6) is 3.07. The number of anilines is 2. The predicted octanol–water partition coefficient (Wildman–Crippen LogP) is 1.60. The van der Waals surface area contributed by atoms with Crippen LogP contribution in [-0.2, 0) is 4.74 Å². The van der Waals surface area contributed by atoms with Crippen molar-refractivity contribution in [2.24, 2.45) is 0 Å². The molecular formula is C14H24N4O2. The summed E-state index contributed by atoms with van der Waals surface area (Å²) in [6, 6.07) is 1.97. The van der Waals surface area contributed by atoms with E-state index in [0.717, 1.165) is 24.0 Å². The number of nitrogens with zero attached hydrogens (tertiary/aromatic N) is 2. The highest BCUT2D eigenvalue weighted by Crippen LogP contribution is 2.38. The zero-order valence-electron chi connectivity index (χ0n) is 12.2. The minimum absolute atomic E-state index is 0.0569. The highest BCUT2D eigenvalue weighted by Gasteiger charge is 2.27. The van der Waals surface area contributed by atoms with E-state index >= 15 is 0 Å². The second kappa shape index (κ2) is 7.40. The van der Waals surface area contributed by atoms with Gasteiger partial charge in [-0.25, -0.2) is 9.97 Å². The van der Waals surface area contributed by atoms with Crippen LogP contribution in [0.15, 0.2) is 6.07 Å². The average molecular weight is 280 g/mol. The highest BCUT2D eigenvalue weighted by molar-refractivity contribution is 5.48. The molecule has 1 aliphatic carbocycles. The van der Waals surface area contributed by atoms with Gasteiger partial charge in [-0.05, 0) is 26.2 Å². The molecule has 1 aromatic heterocycles. The van der Waals surface area contributed by atoms with Crippen LogP contribution in [0.2, 0.25) is 0 Å². The van der Waals surface area contributed by atoms with Crippen LogP contribution >= 0.6 is 0 Å². The van der Waals surface area contributed by atoms with Crippen LogP contribution < -0.4 is 10.6 Å². The first-order valence-electron chi connectivity index (χ1n) is 7.26. The molecule has 20 heavy (non-hydrogen) atoms. The van der Waals surface area contributed by atoms with Crippen LogP contribution in [0.3, 0.4) is 0 Å². The summed E-state index contributed by atoms with van der Waals surface area (Å²) in [6.45, 7) is 3.55. The summed E-state index contributed by atoms with van der Waals surface area (Å²) in [4.78, 5) is 9.12. The number of aliphatic hydroxyl groups excluding tert-OH is 1. The van der Waals surface area contributed by atoms with Gasteiger partial charge >= 0.3 is 0 Å². The maximum absolute atomic E-state index is 9.09. The fourth-order valence-electron chi connectivity index (χ4n) is 2.10. The number of hydrogen-bond acceptors (Lipinski definition) is 6. The first-order valence-corrected chi connectivity index (χ1v) is 7.26. The summed E-state index contributed by atoms with van der Waals surface area (Å²) in [5, 5.41) is 15.7. The minimum Gasteiger partial charge on any atom is -0.396 e. The number of rotatable bonds is 9. The topological polar surface area (TPSA) is 79.3 Å². The molecule has 0 amide bonds. The number of nitrogens with one attached hydrogen (secondary N) is 2. The molecule has 6 heteroatoms. The summed E-state index contributed by atoms with van der Waals surface area (Å²) in [7, 11) is 1.66. The van der Waals surface area contributed by atoms with Gasteiger partial charge in [0.05, 0.1) is 12.6 Å². The van der Waals surface area contributed by atoms with E-state index in [9.17, 15) is 0 Å². The van der Waals surface area contributed by atoms with Gasteiger partial charge in [0.2, 0.25) is 0 Å². The molecule has 0 aromatic carbocycles. The van der Waals surface area contributed by atoms with Crippen LogP contribution in [-0.4, -0.2) is 48.0 Å². The van der Waals surface area contributed by atoms with Gasteiger partial charge in [-0.1, -0.05) is 0 Å². The molecule has 1 aromatic rings. The summed E-state index contributed by atoms with van der Waals surface area (Å²) >= 11 is 0. The largest absolute Gasteiger partial charge is 0.396 e. The van der Waals surface area contributed by atoms with Crippen LogP contribution in [0.25, 0.3) is 0 Å². The molecule has 2 rings (SSSR count). The lowest BCUT2D eigenvalue weighted by Crippen LogP contribution is -2.27. The average Bonchev–Trinajstić information content (AvgIpc) is 3.23. The molecule has 0 spiro atoms. The third-order valence-electron chi connectivity index (χ3n) is 3.24. The highest BCUT2D eigenvalue weighted by atomic mass is 16.5. The Bertz CT molecular complexity index is 418. The van der Waals surface area contributed by atoms with Crippen LogP contribution in [0.1, 0.15) is 37.9 Å². The zero-order valence-corrected chi connectivity index (χ0v) is 12.2. The maximum atomic E-state index is 9.09. The SMILES string of the molecule is CCNc1cc(NC(CCO)COC)nc(C2CC2)n1. The fraction of sp³-hybridized carbons (Fsp3) is 0.714. The Morgan fingerprint density at radius 1 is 1.40 bits per heavy atom. The Morgan fingerprint density at radius 2 is 2.15 bits per heavy atom. The summed E-state index contributed by atoms with van der Waals surface area (Å²) < 4.78 is 5.16. The smallest absolute Gasteiger partial charge is 0.136 e. The second-order valence-electron chi connectivity index (χ2n) is 5.11. The first kappa shape index (κ1) is 15.0. The molecule has 0 bridgehead atoms. The second-order valence-corrected chi connectivity index (χ2v) is 5.11. The van der Waals surface area contributed by atoms with Crippen LogP contribution in [0.5, 0.6) is 0 Å². The van der Waals surface area contributed by atoms with Crippen LogP contribution in [0.4, 0.5) is 11.6 Å². The third-order valence-corrected chi connectivity index (χ3v) is 3.24. The standard InChI is InChI=1S/C14H24N4O2/c1-3-15-12-8-13(16-11(6-7-19)9-20-2)18-14(17-12)10-4-5-10/h8,10-11,19H,3-7,9H2,1-2H3,(H2,15,16,17,18). The Kier molecular flexibility index (Phi) is 5.55. The number of methoxy groups -OCH3 is 1. The van der Waals surface area contributed by atoms with Crippen molar-refractivity contribution in [2.45, 2.75) is 38.1 Å². The number of hydrogen-bond donors (Lipinski definition) is 3. The maximum Gasteiger partial charge on any atom is 0.136 e. The van der Waals surface area contributed by atoms with Crippen molar-refractivity contribution < 1.29 is 9.84 Å². The lowest BCUT2D eigenvalue weighted by Gasteiger charge is -2.18. The molecular weight excluding hydrogens is 256 g/mol. The molecule has 0 radical (unpaired) electrons. The molecule has 1 aliphatic rings. The van der Waals surface area contributed by atoms with Gasteiger partial charge in [0.25, 0.3) is 0 Å². The number of aliphatic hydroxyl groups is 1. The van der Waals surface area contributed by atoms with Crippen molar-refractivity contribution in [3.05, 3.63) is 11.9 Å². The molecule has 1 fully saturated rings. The van der Waals surface area contributed by atoms with Crippen molar-refractivity contribution in [3.63, 3.8) is 0 Å². The van der Waals surface area contributed by atoms with E-state index in [1.165, 1.54) is 12.8 Å². The molecule has 112 valence electrons. The summed E-state index contributed by atoms with van der Waals surface area (Å²) in [6.07, 6.45) is 2.98. The molecule has 1 heterocycles. The van der Waals surface area contributed by atoms with Crippen molar-refractivity contribution >= 4 is 11.6 Å². The Hall–Kier alpha value is -1.40. The van der Waals surface area contributed by atoms with Crippen molar-refractivity contribution in [2.75, 3.05) is 37.5 Å². The van der Waals surface area contributed by atoms with E-state index in [0.29, 0.717) is 18.9 Å². The van der Waals surface area contributed by atoms with E-state index in [4.69, 9.17) is 9.84 Å². The Morgan fingerprint density at radius 3 is 2.75 bits per heavy atom. The van der Waals surface area contributed by atoms with Crippen molar-refractivity contribution in [1.29, 1.82) is 0 Å². The summed E-state index contributed by atoms with van der Waals surface area (Å²) in [5.41, 5.74) is 0. The lowest BCUT2D eigenvalue weighted by molar-refractivity contribution is 0.170. The van der Waals surface area contributed by atoms with E-state index in [-0.39, 0.29) is 12.6 Å². The quantitative estimate of drug-likeness (QED) is 0.637. The van der Waals surface area contributed by atoms with E-state index in [1.807, 2.05) is 13.0 Å². The van der Waals surface area contributed by atoms with Gasteiger partial charge in [-0.15, -0.1) is 0 Å². The van der Waals surface area contributed by atoms with Gasteiger partial charge < -0.3 is 20.5 Å². The molecule has 1 unspecified atom stereocenters. The normalized spacial score (nSPS) is 15.9. The lowest BCUT2D eigenvalue weighted by atomic mass is 10.2. The molecule has 0 aliphatic heterocycles. The van der Waals surface area contributed by atoms with Crippen LogP contribution in [0, 0.1) is 0 Å². The van der Waals surface area contributed by atoms with Gasteiger partial charge in [-0.2, -0.15) is 0 Å². The molecule has 1 atom stereocenters. The van der Waals surface area contributed by atoms with Gasteiger partial charge in [0, 0.05) is 32.2 Å².